The Hall–Kier alpha value is -1.33. The summed E-state index contributed by atoms with van der Waals surface area (Å²) < 4.78 is 0. The van der Waals surface area contributed by atoms with E-state index in [9.17, 15) is 4.79 Å². The maximum atomic E-state index is 9.59. The molecule has 2 amide bonds. The highest BCUT2D eigenvalue weighted by atomic mass is 16.3. The van der Waals surface area contributed by atoms with Crippen molar-refractivity contribution in [3.05, 3.63) is 4.91 Å². The highest BCUT2D eigenvalue weighted by Crippen LogP contribution is 1.76. The van der Waals surface area contributed by atoms with Crippen molar-refractivity contribution in [3.63, 3.8) is 0 Å². The Balaban J connectivity index is 3.58. The van der Waals surface area contributed by atoms with Crippen molar-refractivity contribution in [3.8, 4) is 0 Å². The Morgan fingerprint density at radius 2 is 2.14 bits per heavy atom. The summed E-state index contributed by atoms with van der Waals surface area (Å²) in [6, 6.07) is -1.22. The van der Waals surface area contributed by atoms with Gasteiger partial charge in [0.15, 0.2) is 0 Å². The zero-order chi connectivity index (χ0) is 5.70. The van der Waals surface area contributed by atoms with Gasteiger partial charge in [-0.1, -0.05) is 10.3 Å². The third-order valence-corrected chi connectivity index (χ3v) is 0.221. The van der Waals surface area contributed by atoms with Crippen LogP contribution in [0.4, 0.5) is 4.79 Å². The summed E-state index contributed by atoms with van der Waals surface area (Å²) in [4.78, 5) is 18.7. The summed E-state index contributed by atoms with van der Waals surface area (Å²) in [6.45, 7) is 0. The number of rotatable bonds is 0. The van der Waals surface area contributed by atoms with Crippen LogP contribution in [-0.4, -0.2) is 6.03 Å². The lowest BCUT2D eigenvalue weighted by molar-refractivity contribution is 0.255. The second-order valence-corrected chi connectivity index (χ2v) is 0.589. The Kier molecular flexibility index (Phi) is 2.34. The summed E-state index contributed by atoms with van der Waals surface area (Å²) in [5.41, 5.74) is 0. The fraction of sp³-hybridized carbons (Fsp3) is 0. The van der Waals surface area contributed by atoms with Crippen LogP contribution in [-0.2, 0) is 0 Å². The van der Waals surface area contributed by atoms with Crippen LogP contribution in [0.3, 0.4) is 0 Å². The monoisotopic (exact) mass is 102 g/mol. The van der Waals surface area contributed by atoms with Gasteiger partial charge in [0, 0.05) is 5.18 Å². The van der Waals surface area contributed by atoms with Crippen molar-refractivity contribution in [2.45, 2.75) is 0 Å². The molecule has 0 bridgehead atoms. The Morgan fingerprint density at radius 3 is 2.29 bits per heavy atom. The molecule has 6 heteroatoms. The van der Waals surface area contributed by atoms with Crippen LogP contribution in [0.15, 0.2) is 15.5 Å². The molecule has 0 fully saturated rings. The molecule has 0 radical (unpaired) electrons. The number of nitroso groups, excluding NO2 is 1. The SMILES string of the molecule is NN=NC(=O)N=O. The molecule has 0 aliphatic heterocycles. The number of carbonyl (C=O) groups is 1. The number of hydrogen-bond donors (Lipinski definition) is 1. The van der Waals surface area contributed by atoms with Crippen molar-refractivity contribution in [1.29, 1.82) is 0 Å². The zero-order valence-electron chi connectivity index (χ0n) is 3.24. The smallest absolute Gasteiger partial charge is 0.304 e. The van der Waals surface area contributed by atoms with Gasteiger partial charge in [-0.25, -0.2) is 4.79 Å². The highest BCUT2D eigenvalue weighted by molar-refractivity contribution is 5.74. The van der Waals surface area contributed by atoms with Gasteiger partial charge in [-0.05, 0) is 0 Å². The van der Waals surface area contributed by atoms with Gasteiger partial charge in [-0.3, -0.25) is 0 Å². The predicted molar refractivity (Wildman–Crippen MR) is 20.2 cm³/mol. The standard InChI is InChI=1S/CH2N4O2/c2-5-3-1(6)4-7/h(H2,2,3,6). The summed E-state index contributed by atoms with van der Waals surface area (Å²) in [6.07, 6.45) is 0. The second kappa shape index (κ2) is 2.88. The lowest BCUT2D eigenvalue weighted by atomic mass is 11.2. The van der Waals surface area contributed by atoms with E-state index in [0.717, 1.165) is 0 Å². The Morgan fingerprint density at radius 1 is 1.57 bits per heavy atom. The number of urea groups is 1. The molecule has 0 spiro atoms. The number of carbonyl (C=O) groups excluding carboxylic acids is 1. The minimum Gasteiger partial charge on any atom is -0.304 e. The van der Waals surface area contributed by atoms with Gasteiger partial charge < -0.3 is 5.84 Å². The van der Waals surface area contributed by atoms with Gasteiger partial charge in [0.1, 0.15) is 0 Å². The first-order valence-electron chi connectivity index (χ1n) is 1.29. The fourth-order valence-corrected chi connectivity index (χ4v) is 0.0676. The molecule has 0 atom stereocenters. The molecule has 7 heavy (non-hydrogen) atoms. The van der Waals surface area contributed by atoms with E-state index in [1.54, 1.807) is 0 Å². The van der Waals surface area contributed by atoms with E-state index >= 15 is 0 Å². The van der Waals surface area contributed by atoms with Crippen LogP contribution in [0.2, 0.25) is 0 Å². The van der Waals surface area contributed by atoms with Gasteiger partial charge in [0.05, 0.1) is 0 Å². The van der Waals surface area contributed by atoms with Gasteiger partial charge in [-0.2, -0.15) is 0 Å². The van der Waals surface area contributed by atoms with Crippen LogP contribution in [0, 0.1) is 4.91 Å². The average molecular weight is 102 g/mol. The summed E-state index contributed by atoms with van der Waals surface area (Å²) in [5.74, 6) is 4.34. The molecular weight excluding hydrogens is 100 g/mol. The van der Waals surface area contributed by atoms with Crippen molar-refractivity contribution >= 4 is 6.03 Å². The lowest BCUT2D eigenvalue weighted by Crippen LogP contribution is -1.82. The van der Waals surface area contributed by atoms with Crippen molar-refractivity contribution in [2.24, 2.45) is 21.4 Å². The number of hydrogen-bond acceptors (Lipinski definition) is 3. The first-order valence-corrected chi connectivity index (χ1v) is 1.29. The average Bonchev–Trinajstić information content (AvgIpc) is 1.68. The highest BCUT2D eigenvalue weighted by Gasteiger charge is 1.89. The van der Waals surface area contributed by atoms with Crippen LogP contribution >= 0.6 is 0 Å². The van der Waals surface area contributed by atoms with Crippen LogP contribution in [0.5, 0.6) is 0 Å². The quantitative estimate of drug-likeness (QED) is 0.204. The number of amides is 2. The number of nitrogens with two attached hydrogens (primary N) is 1. The molecular formula is CH2N4O2. The molecule has 0 aromatic heterocycles. The maximum absolute atomic E-state index is 9.59. The van der Waals surface area contributed by atoms with Crippen molar-refractivity contribution in [1.82, 2.24) is 0 Å². The third-order valence-electron chi connectivity index (χ3n) is 0.221. The van der Waals surface area contributed by atoms with E-state index in [-0.39, 0.29) is 0 Å². The molecule has 0 saturated carbocycles. The molecule has 38 valence electrons. The maximum Gasteiger partial charge on any atom is 0.423 e. The van der Waals surface area contributed by atoms with Crippen LogP contribution < -0.4 is 5.84 Å². The lowest BCUT2D eigenvalue weighted by Gasteiger charge is -1.66. The predicted octanol–water partition coefficient (Wildman–Crippen LogP) is 0.199. The van der Waals surface area contributed by atoms with E-state index in [4.69, 9.17) is 4.91 Å². The minimum atomic E-state index is -1.22. The van der Waals surface area contributed by atoms with E-state index in [0.29, 0.717) is 0 Å². The first-order chi connectivity index (χ1) is 3.31. The largest absolute Gasteiger partial charge is 0.423 e. The van der Waals surface area contributed by atoms with Crippen molar-refractivity contribution < 1.29 is 4.79 Å². The molecule has 0 aromatic rings. The molecule has 0 aliphatic rings. The molecule has 0 rings (SSSR count). The van der Waals surface area contributed by atoms with Crippen LogP contribution in [0.1, 0.15) is 0 Å². The van der Waals surface area contributed by atoms with Gasteiger partial charge >= 0.3 is 6.03 Å². The van der Waals surface area contributed by atoms with Gasteiger partial charge in [0.25, 0.3) is 0 Å². The van der Waals surface area contributed by atoms with E-state index in [2.05, 4.69) is 16.2 Å². The molecule has 0 aliphatic carbocycles. The fourth-order valence-electron chi connectivity index (χ4n) is 0.0676. The molecule has 0 saturated heterocycles. The zero-order valence-corrected chi connectivity index (χ0v) is 3.24. The first kappa shape index (κ1) is 5.67. The van der Waals surface area contributed by atoms with Gasteiger partial charge in [0.2, 0.25) is 0 Å². The number of nitrogens with zero attached hydrogens (tertiary/aromatic N) is 3. The molecule has 0 heterocycles. The summed E-state index contributed by atoms with van der Waals surface area (Å²) >= 11 is 0. The molecule has 0 unspecified atom stereocenters. The minimum absolute atomic E-state index is 1.22. The van der Waals surface area contributed by atoms with Crippen LogP contribution in [0.25, 0.3) is 0 Å². The molecule has 2 N–H and O–H groups in total. The summed E-state index contributed by atoms with van der Waals surface area (Å²) in [5, 5.41) is 6.86. The van der Waals surface area contributed by atoms with E-state index in [1.807, 2.05) is 5.18 Å². The Bertz CT molecular complexity index is 106. The van der Waals surface area contributed by atoms with E-state index in [1.165, 1.54) is 0 Å². The third kappa shape index (κ3) is 2.47. The molecule has 6 nitrogen and oxygen atoms in total. The normalized spacial score (nSPS) is 9.14. The van der Waals surface area contributed by atoms with Crippen molar-refractivity contribution in [2.75, 3.05) is 0 Å². The summed E-state index contributed by atoms with van der Waals surface area (Å²) in [7, 11) is 0. The molecule has 0 aromatic carbocycles. The van der Waals surface area contributed by atoms with Gasteiger partial charge in [-0.15, -0.1) is 4.91 Å². The Labute approximate surface area is 38.4 Å². The topological polar surface area (TPSA) is 97.2 Å². The van der Waals surface area contributed by atoms with E-state index < -0.39 is 6.03 Å². The second-order valence-electron chi connectivity index (χ2n) is 0.589.